The number of hydrogen-bond acceptors (Lipinski definition) is 4. The van der Waals surface area contributed by atoms with Gasteiger partial charge in [0.05, 0.1) is 12.1 Å². The van der Waals surface area contributed by atoms with Crippen LogP contribution in [0, 0.1) is 0 Å². The third kappa shape index (κ3) is 4.80. The zero-order valence-corrected chi connectivity index (χ0v) is 13.3. The van der Waals surface area contributed by atoms with Gasteiger partial charge in [-0.1, -0.05) is 6.08 Å². The minimum absolute atomic E-state index is 0.0945. The van der Waals surface area contributed by atoms with Crippen LogP contribution in [0.3, 0.4) is 0 Å². The summed E-state index contributed by atoms with van der Waals surface area (Å²) in [5.41, 5.74) is 0. The van der Waals surface area contributed by atoms with Crippen molar-refractivity contribution in [3.8, 4) is 0 Å². The number of nitrogens with one attached hydrogen (secondary N) is 1. The number of likely N-dealkylation sites (tertiary alicyclic amines) is 1. The minimum atomic E-state index is -0.442. The van der Waals surface area contributed by atoms with Crippen LogP contribution < -0.4 is 5.32 Å². The molecule has 0 bridgehead atoms. The Morgan fingerprint density at radius 2 is 2.00 bits per heavy atom. The Morgan fingerprint density at radius 1 is 1.29 bits per heavy atom. The lowest BCUT2D eigenvalue weighted by atomic mass is 9.87. The molecule has 5 nitrogen and oxygen atoms in total. The summed E-state index contributed by atoms with van der Waals surface area (Å²) in [6.07, 6.45) is 8.44. The summed E-state index contributed by atoms with van der Waals surface area (Å²) in [6, 6.07) is 0.109. The van der Waals surface area contributed by atoms with E-state index in [1.165, 1.54) is 12.8 Å². The van der Waals surface area contributed by atoms with Gasteiger partial charge in [0.15, 0.2) is 0 Å². The molecule has 1 saturated carbocycles. The molecule has 0 aromatic heterocycles. The van der Waals surface area contributed by atoms with E-state index in [1.54, 1.807) is 6.08 Å². The smallest absolute Gasteiger partial charge is 0.244 e. The average molecular weight is 295 g/mol. The summed E-state index contributed by atoms with van der Waals surface area (Å²) < 4.78 is 0. The fourth-order valence-corrected chi connectivity index (χ4v) is 3.39. The van der Waals surface area contributed by atoms with E-state index in [1.807, 2.05) is 25.1 Å². The van der Waals surface area contributed by atoms with Gasteiger partial charge in [0, 0.05) is 18.7 Å². The molecule has 2 fully saturated rings. The first-order valence-electron chi connectivity index (χ1n) is 8.12. The Balaban J connectivity index is 1.84. The number of aliphatic hydroxyl groups is 1. The number of amides is 1. The van der Waals surface area contributed by atoms with Gasteiger partial charge in [-0.05, 0) is 59.3 Å². The van der Waals surface area contributed by atoms with Crippen LogP contribution in [0.2, 0.25) is 0 Å². The first-order valence-corrected chi connectivity index (χ1v) is 8.12. The largest absolute Gasteiger partial charge is 0.389 e. The predicted molar refractivity (Wildman–Crippen MR) is 84.1 cm³/mol. The van der Waals surface area contributed by atoms with Crippen LogP contribution in [0.1, 0.15) is 32.1 Å². The van der Waals surface area contributed by atoms with Gasteiger partial charge in [-0.3, -0.25) is 9.69 Å². The maximum atomic E-state index is 11.9. The quantitative estimate of drug-likeness (QED) is 0.729. The highest BCUT2D eigenvalue weighted by Crippen LogP contribution is 2.26. The summed E-state index contributed by atoms with van der Waals surface area (Å²) in [6.45, 7) is 2.92. The zero-order chi connectivity index (χ0) is 15.2. The molecular weight excluding hydrogens is 266 g/mol. The summed E-state index contributed by atoms with van der Waals surface area (Å²) in [7, 11) is 3.93. The van der Waals surface area contributed by atoms with E-state index in [2.05, 4.69) is 10.2 Å². The first kappa shape index (κ1) is 16.5. The normalized spacial score (nSPS) is 31.1. The monoisotopic (exact) mass is 295 g/mol. The van der Waals surface area contributed by atoms with Crippen LogP contribution >= 0.6 is 0 Å². The minimum Gasteiger partial charge on any atom is -0.389 e. The van der Waals surface area contributed by atoms with Gasteiger partial charge in [-0.25, -0.2) is 0 Å². The molecule has 0 unspecified atom stereocenters. The number of nitrogens with zero attached hydrogens (tertiary/aromatic N) is 2. The molecule has 0 aromatic carbocycles. The maximum Gasteiger partial charge on any atom is 0.244 e. The van der Waals surface area contributed by atoms with Gasteiger partial charge < -0.3 is 15.3 Å². The van der Waals surface area contributed by atoms with Crippen LogP contribution in [-0.2, 0) is 4.79 Å². The van der Waals surface area contributed by atoms with Crippen molar-refractivity contribution in [2.75, 3.05) is 33.7 Å². The number of aliphatic hydroxyl groups excluding tert-OH is 1. The van der Waals surface area contributed by atoms with E-state index in [4.69, 9.17) is 0 Å². The molecule has 1 heterocycles. The molecule has 120 valence electrons. The molecule has 2 aliphatic rings. The Labute approximate surface area is 128 Å². The summed E-state index contributed by atoms with van der Waals surface area (Å²) >= 11 is 0. The SMILES string of the molecule is CN(C)C/C=C/C(=O)N[C@@H]1CCC[C@@H](N2CCCC2)[C@@H]1O. The number of hydrogen-bond donors (Lipinski definition) is 2. The van der Waals surface area contributed by atoms with Crippen molar-refractivity contribution in [2.45, 2.75) is 50.3 Å². The predicted octanol–water partition coefficient (Wildman–Crippen LogP) is 0.598. The van der Waals surface area contributed by atoms with Crippen molar-refractivity contribution in [3.63, 3.8) is 0 Å². The highest BCUT2D eigenvalue weighted by atomic mass is 16.3. The molecule has 1 amide bonds. The third-order valence-corrected chi connectivity index (χ3v) is 4.50. The maximum absolute atomic E-state index is 11.9. The third-order valence-electron chi connectivity index (χ3n) is 4.50. The topological polar surface area (TPSA) is 55.8 Å². The number of carbonyl (C=O) groups is 1. The lowest BCUT2D eigenvalue weighted by Crippen LogP contribution is -2.55. The zero-order valence-electron chi connectivity index (χ0n) is 13.3. The van der Waals surface area contributed by atoms with E-state index in [9.17, 15) is 9.90 Å². The summed E-state index contributed by atoms with van der Waals surface area (Å²) in [4.78, 5) is 16.3. The summed E-state index contributed by atoms with van der Waals surface area (Å²) in [5.74, 6) is -0.0945. The van der Waals surface area contributed by atoms with E-state index in [0.717, 1.165) is 38.9 Å². The Bertz CT molecular complexity index is 365. The molecule has 1 aliphatic heterocycles. The molecular formula is C16H29N3O2. The van der Waals surface area contributed by atoms with E-state index in [-0.39, 0.29) is 18.0 Å². The van der Waals surface area contributed by atoms with Gasteiger partial charge in [-0.2, -0.15) is 0 Å². The second kappa shape index (κ2) is 7.92. The Morgan fingerprint density at radius 3 is 2.67 bits per heavy atom. The van der Waals surface area contributed by atoms with Gasteiger partial charge in [-0.15, -0.1) is 0 Å². The van der Waals surface area contributed by atoms with Gasteiger partial charge in [0.1, 0.15) is 0 Å². The van der Waals surface area contributed by atoms with Crippen molar-refractivity contribution in [3.05, 3.63) is 12.2 Å². The Hall–Kier alpha value is -0.910. The van der Waals surface area contributed by atoms with Crippen LogP contribution in [-0.4, -0.2) is 72.7 Å². The van der Waals surface area contributed by atoms with E-state index < -0.39 is 6.10 Å². The van der Waals surface area contributed by atoms with Crippen molar-refractivity contribution in [1.29, 1.82) is 0 Å². The highest BCUT2D eigenvalue weighted by molar-refractivity contribution is 5.87. The standard InChI is InChI=1S/C16H29N3O2/c1-18(2)10-6-9-15(20)17-13-7-5-8-14(16(13)21)19-11-3-4-12-19/h6,9,13-14,16,21H,3-5,7-8,10-12H2,1-2H3,(H,17,20)/b9-6+/t13-,14-,16-/m1/s1. The molecule has 1 saturated heterocycles. The summed E-state index contributed by atoms with van der Waals surface area (Å²) in [5, 5.41) is 13.5. The average Bonchev–Trinajstić information content (AvgIpc) is 2.94. The second-order valence-electron chi connectivity index (χ2n) is 6.51. The van der Waals surface area contributed by atoms with E-state index in [0.29, 0.717) is 0 Å². The lowest BCUT2D eigenvalue weighted by molar-refractivity contribution is -0.119. The molecule has 21 heavy (non-hydrogen) atoms. The highest BCUT2D eigenvalue weighted by Gasteiger charge is 2.36. The van der Waals surface area contributed by atoms with Crippen molar-refractivity contribution >= 4 is 5.91 Å². The number of carbonyl (C=O) groups excluding carboxylic acids is 1. The second-order valence-corrected chi connectivity index (χ2v) is 6.51. The van der Waals surface area contributed by atoms with Gasteiger partial charge in [0.25, 0.3) is 0 Å². The van der Waals surface area contributed by atoms with Gasteiger partial charge >= 0.3 is 0 Å². The number of likely N-dealkylation sites (N-methyl/N-ethyl adjacent to an activating group) is 1. The fraction of sp³-hybridized carbons (Fsp3) is 0.812. The molecule has 2 N–H and O–H groups in total. The molecule has 0 radical (unpaired) electrons. The molecule has 1 aliphatic carbocycles. The van der Waals surface area contributed by atoms with Crippen molar-refractivity contribution < 1.29 is 9.90 Å². The first-order chi connectivity index (χ1) is 10.1. The lowest BCUT2D eigenvalue weighted by Gasteiger charge is -2.39. The van der Waals surface area contributed by atoms with Crippen LogP contribution in [0.4, 0.5) is 0 Å². The molecule has 2 rings (SSSR count). The molecule has 3 atom stereocenters. The Kier molecular flexibility index (Phi) is 6.21. The van der Waals surface area contributed by atoms with Crippen molar-refractivity contribution in [2.24, 2.45) is 0 Å². The van der Waals surface area contributed by atoms with E-state index >= 15 is 0 Å². The van der Waals surface area contributed by atoms with Crippen LogP contribution in [0.5, 0.6) is 0 Å². The molecule has 0 spiro atoms. The van der Waals surface area contributed by atoms with Gasteiger partial charge in [0.2, 0.25) is 5.91 Å². The van der Waals surface area contributed by atoms with Crippen LogP contribution in [0.15, 0.2) is 12.2 Å². The number of rotatable bonds is 5. The van der Waals surface area contributed by atoms with Crippen molar-refractivity contribution in [1.82, 2.24) is 15.1 Å². The molecule has 5 heteroatoms. The fourth-order valence-electron chi connectivity index (χ4n) is 3.39. The molecule has 0 aromatic rings. The van der Waals surface area contributed by atoms with Crippen LogP contribution in [0.25, 0.3) is 0 Å².